The van der Waals surface area contributed by atoms with Gasteiger partial charge in [-0.2, -0.15) is 0 Å². The first-order valence-corrected chi connectivity index (χ1v) is 8.60. The lowest BCUT2D eigenvalue weighted by molar-refractivity contribution is -0.118. The van der Waals surface area contributed by atoms with E-state index in [1.54, 1.807) is 24.2 Å². The second-order valence-electron chi connectivity index (χ2n) is 5.23. The highest BCUT2D eigenvalue weighted by Gasteiger charge is 2.12. The summed E-state index contributed by atoms with van der Waals surface area (Å²) in [5, 5.41) is 3.43. The van der Waals surface area contributed by atoms with Crippen molar-refractivity contribution in [3.63, 3.8) is 0 Å². The van der Waals surface area contributed by atoms with Crippen molar-refractivity contribution < 1.29 is 9.21 Å². The zero-order valence-corrected chi connectivity index (χ0v) is 14.2. The second-order valence-corrected chi connectivity index (χ2v) is 7.53. The molecule has 0 radical (unpaired) electrons. The van der Waals surface area contributed by atoms with E-state index in [4.69, 9.17) is 4.42 Å². The first-order valence-electron chi connectivity index (χ1n) is 6.79. The van der Waals surface area contributed by atoms with Crippen LogP contribution in [0.5, 0.6) is 0 Å². The van der Waals surface area contributed by atoms with Gasteiger partial charge in [-0.15, -0.1) is 11.8 Å². The first kappa shape index (κ1) is 16.0. The number of amides is 1. The molecule has 2 rings (SSSR count). The number of rotatable bonds is 6. The summed E-state index contributed by atoms with van der Waals surface area (Å²) in [5.74, 6) is 2.55. The molecule has 0 spiro atoms. The lowest BCUT2D eigenvalue weighted by atomic mass is 10.2. The third-order valence-electron chi connectivity index (χ3n) is 2.72. The van der Waals surface area contributed by atoms with Gasteiger partial charge >= 0.3 is 0 Å². The molecule has 21 heavy (non-hydrogen) atoms. The number of thioether (sulfide) groups is 1. The minimum absolute atomic E-state index is 0.0184. The molecule has 2 aromatic heterocycles. The molecule has 7 heteroatoms. The summed E-state index contributed by atoms with van der Waals surface area (Å²) in [5.41, 5.74) is 0. The van der Waals surface area contributed by atoms with Gasteiger partial charge in [0.2, 0.25) is 11.8 Å². The number of carbonyl (C=O) groups excluding carboxylic acids is 1. The monoisotopic (exact) mass is 325 g/mol. The van der Waals surface area contributed by atoms with Crippen molar-refractivity contribution in [3.8, 4) is 0 Å². The van der Waals surface area contributed by atoms with Crippen molar-refractivity contribution in [1.82, 2.24) is 9.97 Å². The predicted molar refractivity (Wildman–Crippen MR) is 85.7 cm³/mol. The molecule has 2 aromatic rings. The molecule has 0 saturated carbocycles. The molecular formula is C14H19N3O2S2. The quantitative estimate of drug-likeness (QED) is 0.808. The van der Waals surface area contributed by atoms with Gasteiger partial charge in [0.05, 0.1) is 22.4 Å². The van der Waals surface area contributed by atoms with Gasteiger partial charge in [-0.3, -0.25) is 4.79 Å². The molecule has 1 N–H and O–H groups in total. The molecule has 0 aliphatic rings. The van der Waals surface area contributed by atoms with E-state index in [9.17, 15) is 4.79 Å². The van der Waals surface area contributed by atoms with Gasteiger partial charge in [-0.25, -0.2) is 9.97 Å². The summed E-state index contributed by atoms with van der Waals surface area (Å²) in [6.45, 7) is 7.86. The summed E-state index contributed by atoms with van der Waals surface area (Å²) < 4.78 is 6.68. The van der Waals surface area contributed by atoms with E-state index in [1.165, 1.54) is 11.3 Å². The van der Waals surface area contributed by atoms with Crippen LogP contribution in [0.1, 0.15) is 45.3 Å². The molecule has 0 aliphatic heterocycles. The Labute approximate surface area is 132 Å². The molecule has 0 atom stereocenters. The number of aromatic nitrogens is 2. The maximum Gasteiger partial charge on any atom is 0.228 e. The van der Waals surface area contributed by atoms with E-state index in [0.717, 1.165) is 9.97 Å². The molecule has 5 nitrogen and oxygen atoms in total. The van der Waals surface area contributed by atoms with Gasteiger partial charge in [0.25, 0.3) is 0 Å². The average Bonchev–Trinajstić information content (AvgIpc) is 3.05. The number of carbonyl (C=O) groups is 1. The zero-order chi connectivity index (χ0) is 15.4. The van der Waals surface area contributed by atoms with Crippen LogP contribution in [-0.2, 0) is 10.5 Å². The second kappa shape index (κ2) is 7.09. The minimum Gasteiger partial charge on any atom is -0.445 e. The van der Waals surface area contributed by atoms with Crippen LogP contribution in [0.4, 0.5) is 5.13 Å². The average molecular weight is 325 g/mol. The SMILES string of the molecule is CC(C)C(=O)Nc1ncc(SCc2ncc(C(C)C)o2)s1. The largest absolute Gasteiger partial charge is 0.445 e. The van der Waals surface area contributed by atoms with E-state index in [0.29, 0.717) is 22.7 Å². The third kappa shape index (κ3) is 4.57. The maximum atomic E-state index is 11.6. The summed E-state index contributed by atoms with van der Waals surface area (Å²) in [7, 11) is 0. The van der Waals surface area contributed by atoms with Crippen molar-refractivity contribution in [1.29, 1.82) is 0 Å². The standard InChI is InChI=1S/C14H19N3O2S2/c1-8(2)10-5-15-11(19-10)7-20-12-6-16-14(21-12)17-13(18)9(3)4/h5-6,8-9H,7H2,1-4H3,(H,16,17,18). The van der Waals surface area contributed by atoms with E-state index < -0.39 is 0 Å². The number of nitrogens with zero attached hydrogens (tertiary/aromatic N) is 2. The molecular weight excluding hydrogens is 306 g/mol. The van der Waals surface area contributed by atoms with Crippen LogP contribution < -0.4 is 5.32 Å². The first-order chi connectivity index (χ1) is 9.95. The Kier molecular flexibility index (Phi) is 5.41. The predicted octanol–water partition coefficient (Wildman–Crippen LogP) is 4.14. The van der Waals surface area contributed by atoms with E-state index in [1.807, 2.05) is 13.8 Å². The van der Waals surface area contributed by atoms with Gasteiger partial charge in [-0.05, 0) is 0 Å². The maximum absolute atomic E-state index is 11.6. The summed E-state index contributed by atoms with van der Waals surface area (Å²) in [6, 6.07) is 0. The van der Waals surface area contributed by atoms with Crippen molar-refractivity contribution in [3.05, 3.63) is 24.0 Å². The van der Waals surface area contributed by atoms with Gasteiger partial charge in [0.1, 0.15) is 5.76 Å². The number of hydrogen-bond donors (Lipinski definition) is 1. The topological polar surface area (TPSA) is 68.0 Å². The number of anilines is 1. The minimum atomic E-state index is -0.0493. The molecule has 0 unspecified atom stereocenters. The molecule has 0 aliphatic carbocycles. The van der Waals surface area contributed by atoms with Crippen molar-refractivity contribution in [2.24, 2.45) is 5.92 Å². The number of thiazole rings is 1. The van der Waals surface area contributed by atoms with Crippen LogP contribution in [-0.4, -0.2) is 15.9 Å². The molecule has 114 valence electrons. The fraction of sp³-hybridized carbons (Fsp3) is 0.500. The van der Waals surface area contributed by atoms with Crippen LogP contribution in [0, 0.1) is 5.92 Å². The smallest absolute Gasteiger partial charge is 0.228 e. The lowest BCUT2D eigenvalue weighted by Crippen LogP contribution is -2.17. The summed E-state index contributed by atoms with van der Waals surface area (Å²) in [4.78, 5) is 20.0. The van der Waals surface area contributed by atoms with Gasteiger partial charge < -0.3 is 9.73 Å². The highest BCUT2D eigenvalue weighted by Crippen LogP contribution is 2.31. The van der Waals surface area contributed by atoms with Gasteiger partial charge in [-0.1, -0.05) is 39.0 Å². The normalized spacial score (nSPS) is 11.3. The number of nitrogens with one attached hydrogen (secondary N) is 1. The molecule has 2 heterocycles. The van der Waals surface area contributed by atoms with Crippen molar-refractivity contribution in [2.45, 2.75) is 43.6 Å². The Morgan fingerprint density at radius 3 is 2.71 bits per heavy atom. The highest BCUT2D eigenvalue weighted by atomic mass is 32.2. The number of hydrogen-bond acceptors (Lipinski definition) is 6. The summed E-state index contributed by atoms with van der Waals surface area (Å²) in [6.07, 6.45) is 3.54. The highest BCUT2D eigenvalue weighted by molar-refractivity contribution is 8.00. The van der Waals surface area contributed by atoms with Crippen LogP contribution >= 0.6 is 23.1 Å². The Morgan fingerprint density at radius 1 is 1.33 bits per heavy atom. The van der Waals surface area contributed by atoms with Crippen LogP contribution in [0.2, 0.25) is 0 Å². The van der Waals surface area contributed by atoms with Crippen LogP contribution in [0.3, 0.4) is 0 Å². The van der Waals surface area contributed by atoms with E-state index >= 15 is 0 Å². The Hall–Kier alpha value is -1.34. The summed E-state index contributed by atoms with van der Waals surface area (Å²) >= 11 is 3.06. The lowest BCUT2D eigenvalue weighted by Gasteiger charge is -2.02. The molecule has 0 bridgehead atoms. The van der Waals surface area contributed by atoms with Crippen LogP contribution in [0.25, 0.3) is 0 Å². The fourth-order valence-electron chi connectivity index (χ4n) is 1.42. The fourth-order valence-corrected chi connectivity index (χ4v) is 3.15. The molecule has 0 aromatic carbocycles. The van der Waals surface area contributed by atoms with Gasteiger partial charge in [0, 0.05) is 11.8 Å². The third-order valence-corrected chi connectivity index (χ3v) is 4.81. The Bertz CT molecular complexity index is 605. The van der Waals surface area contributed by atoms with Crippen molar-refractivity contribution in [2.75, 3.05) is 5.32 Å². The van der Waals surface area contributed by atoms with Crippen LogP contribution in [0.15, 0.2) is 21.0 Å². The Morgan fingerprint density at radius 2 is 2.10 bits per heavy atom. The number of oxazole rings is 1. The molecule has 0 saturated heterocycles. The van der Waals surface area contributed by atoms with E-state index in [2.05, 4.69) is 29.1 Å². The van der Waals surface area contributed by atoms with Gasteiger partial charge in [0.15, 0.2) is 5.13 Å². The zero-order valence-electron chi connectivity index (χ0n) is 12.5. The van der Waals surface area contributed by atoms with E-state index in [-0.39, 0.29) is 11.8 Å². The van der Waals surface area contributed by atoms with Crippen molar-refractivity contribution >= 4 is 34.1 Å². The molecule has 1 amide bonds. The molecule has 0 fully saturated rings. The Balaban J connectivity index is 1.89.